The number of nitrogens with one attached hydrogen (secondary N) is 2. The first-order valence-electron chi connectivity index (χ1n) is 8.24. The number of urea groups is 1. The summed E-state index contributed by atoms with van der Waals surface area (Å²) < 4.78 is 6.08. The standard InChI is InChI=1S/C17H26N4O3/c1-4-21-12-13(24-15-8-6-5-7-14(15)21)11-20(3)10-9-16(22)19-17(23)18-2/h5-8,13H,4,9-12H2,1-3H3,(H2,18,19,22,23)/t13-/m1/s1. The lowest BCUT2D eigenvalue weighted by Crippen LogP contribution is -2.46. The van der Waals surface area contributed by atoms with Crippen molar-refractivity contribution >= 4 is 17.6 Å². The molecule has 2 N–H and O–H groups in total. The van der Waals surface area contributed by atoms with Gasteiger partial charge in [-0.15, -0.1) is 0 Å². The zero-order chi connectivity index (χ0) is 17.5. The molecule has 0 unspecified atom stereocenters. The van der Waals surface area contributed by atoms with Crippen LogP contribution >= 0.6 is 0 Å². The van der Waals surface area contributed by atoms with E-state index in [1.807, 2.05) is 25.2 Å². The largest absolute Gasteiger partial charge is 0.485 e. The second kappa shape index (κ2) is 8.54. The molecule has 7 nitrogen and oxygen atoms in total. The van der Waals surface area contributed by atoms with Gasteiger partial charge in [0.2, 0.25) is 5.91 Å². The topological polar surface area (TPSA) is 73.9 Å². The summed E-state index contributed by atoms with van der Waals surface area (Å²) in [5, 5.41) is 4.62. The smallest absolute Gasteiger partial charge is 0.321 e. The maximum atomic E-state index is 11.6. The van der Waals surface area contributed by atoms with Gasteiger partial charge in [-0.25, -0.2) is 4.79 Å². The Morgan fingerprint density at radius 1 is 1.38 bits per heavy atom. The zero-order valence-corrected chi connectivity index (χ0v) is 14.5. The van der Waals surface area contributed by atoms with Gasteiger partial charge in [-0.1, -0.05) is 12.1 Å². The van der Waals surface area contributed by atoms with Gasteiger partial charge in [-0.05, 0) is 26.1 Å². The Bertz CT molecular complexity index is 579. The molecule has 0 bridgehead atoms. The first-order chi connectivity index (χ1) is 11.5. The Kier molecular flexibility index (Phi) is 6.43. The number of hydrogen-bond acceptors (Lipinski definition) is 5. The molecule has 0 saturated heterocycles. The minimum atomic E-state index is -0.478. The van der Waals surface area contributed by atoms with E-state index >= 15 is 0 Å². The van der Waals surface area contributed by atoms with E-state index in [4.69, 9.17) is 4.74 Å². The fourth-order valence-electron chi connectivity index (χ4n) is 2.76. The SMILES string of the molecule is CCN1C[C@@H](CN(C)CCC(=O)NC(=O)NC)Oc2ccccc21. The normalized spacial score (nSPS) is 16.3. The van der Waals surface area contributed by atoms with Gasteiger partial charge in [0, 0.05) is 33.1 Å². The Labute approximate surface area is 142 Å². The summed E-state index contributed by atoms with van der Waals surface area (Å²) in [5.74, 6) is 0.618. The number of nitrogens with zero attached hydrogens (tertiary/aromatic N) is 2. The van der Waals surface area contributed by atoms with Crippen LogP contribution < -0.4 is 20.3 Å². The molecule has 0 saturated carbocycles. The quantitative estimate of drug-likeness (QED) is 0.813. The third kappa shape index (κ3) is 4.86. The van der Waals surface area contributed by atoms with Gasteiger partial charge in [0.1, 0.15) is 11.9 Å². The molecule has 24 heavy (non-hydrogen) atoms. The van der Waals surface area contributed by atoms with Crippen LogP contribution in [-0.4, -0.2) is 63.2 Å². The molecule has 0 spiro atoms. The molecular formula is C17H26N4O3. The fourth-order valence-corrected chi connectivity index (χ4v) is 2.76. The van der Waals surface area contributed by atoms with Gasteiger partial charge < -0.3 is 19.9 Å². The second-order valence-corrected chi connectivity index (χ2v) is 5.89. The summed E-state index contributed by atoms with van der Waals surface area (Å²) in [6.45, 7) is 5.16. The maximum absolute atomic E-state index is 11.6. The van der Waals surface area contributed by atoms with Crippen LogP contribution in [0, 0.1) is 0 Å². The van der Waals surface area contributed by atoms with Crippen molar-refractivity contribution < 1.29 is 14.3 Å². The first-order valence-corrected chi connectivity index (χ1v) is 8.24. The van der Waals surface area contributed by atoms with Crippen molar-refractivity contribution in [3.63, 3.8) is 0 Å². The number of hydrogen-bond donors (Lipinski definition) is 2. The number of imide groups is 1. The summed E-state index contributed by atoms with van der Waals surface area (Å²) in [6, 6.07) is 7.57. The number of benzene rings is 1. The molecular weight excluding hydrogens is 308 g/mol. The Hall–Kier alpha value is -2.28. The lowest BCUT2D eigenvalue weighted by molar-refractivity contribution is -0.120. The summed E-state index contributed by atoms with van der Waals surface area (Å²) >= 11 is 0. The lowest BCUT2D eigenvalue weighted by atomic mass is 10.2. The molecule has 7 heteroatoms. The number of likely N-dealkylation sites (N-methyl/N-ethyl adjacent to an activating group) is 2. The highest BCUT2D eigenvalue weighted by atomic mass is 16.5. The molecule has 1 heterocycles. The molecule has 1 aliphatic rings. The number of ether oxygens (including phenoxy) is 1. The lowest BCUT2D eigenvalue weighted by Gasteiger charge is -2.37. The molecule has 3 amide bonds. The number of carbonyl (C=O) groups is 2. The van der Waals surface area contributed by atoms with E-state index in [2.05, 4.69) is 33.4 Å². The molecule has 1 atom stereocenters. The summed E-state index contributed by atoms with van der Waals surface area (Å²) in [7, 11) is 3.43. The molecule has 0 aromatic heterocycles. The predicted molar refractivity (Wildman–Crippen MR) is 93.5 cm³/mol. The van der Waals surface area contributed by atoms with E-state index in [0.29, 0.717) is 6.54 Å². The second-order valence-electron chi connectivity index (χ2n) is 5.89. The third-order valence-electron chi connectivity index (χ3n) is 4.02. The Morgan fingerprint density at radius 2 is 2.12 bits per heavy atom. The van der Waals surface area contributed by atoms with Gasteiger partial charge in [-0.2, -0.15) is 0 Å². The van der Waals surface area contributed by atoms with Gasteiger partial charge in [-0.3, -0.25) is 10.1 Å². The van der Waals surface area contributed by atoms with Crippen LogP contribution in [-0.2, 0) is 4.79 Å². The van der Waals surface area contributed by atoms with Crippen LogP contribution in [0.2, 0.25) is 0 Å². The molecule has 132 valence electrons. The Balaban J connectivity index is 1.83. The maximum Gasteiger partial charge on any atom is 0.321 e. The average Bonchev–Trinajstić information content (AvgIpc) is 2.59. The van der Waals surface area contributed by atoms with E-state index in [-0.39, 0.29) is 18.4 Å². The van der Waals surface area contributed by atoms with Gasteiger partial charge >= 0.3 is 6.03 Å². The third-order valence-corrected chi connectivity index (χ3v) is 4.02. The molecule has 1 aliphatic heterocycles. The van der Waals surface area contributed by atoms with Crippen LogP contribution in [0.4, 0.5) is 10.5 Å². The van der Waals surface area contributed by atoms with Crippen LogP contribution in [0.1, 0.15) is 13.3 Å². The molecule has 0 fully saturated rings. The van der Waals surface area contributed by atoms with Crippen LogP contribution in [0.3, 0.4) is 0 Å². The van der Waals surface area contributed by atoms with Crippen molar-refractivity contribution in [2.75, 3.05) is 45.2 Å². The number of para-hydroxylation sites is 2. The van der Waals surface area contributed by atoms with Crippen molar-refractivity contribution in [2.24, 2.45) is 0 Å². The molecule has 1 aromatic carbocycles. The van der Waals surface area contributed by atoms with Crippen molar-refractivity contribution in [1.29, 1.82) is 0 Å². The van der Waals surface area contributed by atoms with Gasteiger partial charge in [0.05, 0.1) is 12.2 Å². The first kappa shape index (κ1) is 18.1. The minimum Gasteiger partial charge on any atom is -0.485 e. The molecule has 1 aromatic rings. The summed E-state index contributed by atoms with van der Waals surface area (Å²) in [5.41, 5.74) is 1.13. The van der Waals surface area contributed by atoms with Crippen LogP contribution in [0.5, 0.6) is 5.75 Å². The van der Waals surface area contributed by atoms with E-state index in [1.165, 1.54) is 7.05 Å². The molecule has 0 radical (unpaired) electrons. The minimum absolute atomic E-state index is 0.0480. The van der Waals surface area contributed by atoms with Crippen molar-refractivity contribution in [3.05, 3.63) is 24.3 Å². The average molecular weight is 334 g/mol. The van der Waals surface area contributed by atoms with Gasteiger partial charge in [0.25, 0.3) is 0 Å². The molecule has 2 rings (SSSR count). The number of amides is 3. The van der Waals surface area contributed by atoms with E-state index in [1.54, 1.807) is 0 Å². The highest BCUT2D eigenvalue weighted by Crippen LogP contribution is 2.32. The molecule has 0 aliphatic carbocycles. The number of rotatable bonds is 6. The van der Waals surface area contributed by atoms with Crippen LogP contribution in [0.15, 0.2) is 24.3 Å². The van der Waals surface area contributed by atoms with Crippen molar-refractivity contribution in [1.82, 2.24) is 15.5 Å². The van der Waals surface area contributed by atoms with Crippen LogP contribution in [0.25, 0.3) is 0 Å². The number of fused-ring (bicyclic) bond motifs is 1. The fraction of sp³-hybridized carbons (Fsp3) is 0.529. The van der Waals surface area contributed by atoms with E-state index in [9.17, 15) is 9.59 Å². The number of carbonyl (C=O) groups excluding carboxylic acids is 2. The van der Waals surface area contributed by atoms with E-state index < -0.39 is 6.03 Å². The highest BCUT2D eigenvalue weighted by Gasteiger charge is 2.25. The van der Waals surface area contributed by atoms with E-state index in [0.717, 1.165) is 31.1 Å². The van der Waals surface area contributed by atoms with Crippen molar-refractivity contribution in [3.8, 4) is 5.75 Å². The summed E-state index contributed by atoms with van der Waals surface area (Å²) in [6.07, 6.45) is 0.317. The Morgan fingerprint density at radius 3 is 2.83 bits per heavy atom. The summed E-state index contributed by atoms with van der Waals surface area (Å²) in [4.78, 5) is 27.1. The monoisotopic (exact) mass is 334 g/mol. The zero-order valence-electron chi connectivity index (χ0n) is 14.5. The van der Waals surface area contributed by atoms with Crippen molar-refractivity contribution in [2.45, 2.75) is 19.4 Å². The predicted octanol–water partition coefficient (Wildman–Crippen LogP) is 1.05. The number of anilines is 1. The van der Waals surface area contributed by atoms with Gasteiger partial charge in [0.15, 0.2) is 0 Å². The highest BCUT2D eigenvalue weighted by molar-refractivity contribution is 5.94.